The van der Waals surface area contributed by atoms with Crippen LogP contribution in [0, 0.1) is 0 Å². The number of rotatable bonds is 3. The van der Waals surface area contributed by atoms with E-state index in [1.807, 2.05) is 12.1 Å². The Morgan fingerprint density at radius 1 is 1.38 bits per heavy atom. The molecule has 0 spiro atoms. The van der Waals surface area contributed by atoms with Gasteiger partial charge in [0.2, 0.25) is 0 Å². The Morgan fingerprint density at radius 3 is 2.54 bits per heavy atom. The Balaban J connectivity index is 2.88. The maximum atomic E-state index is 9.76. The van der Waals surface area contributed by atoms with E-state index in [-0.39, 0.29) is 6.10 Å². The fourth-order valence-corrected chi connectivity index (χ4v) is 1.34. The second-order valence-electron chi connectivity index (χ2n) is 2.91. The van der Waals surface area contributed by atoms with Gasteiger partial charge in [-0.05, 0) is 13.0 Å². The van der Waals surface area contributed by atoms with Gasteiger partial charge in [-0.1, -0.05) is 29.8 Å². The van der Waals surface area contributed by atoms with Crippen molar-refractivity contribution in [3.05, 3.63) is 34.9 Å². The summed E-state index contributed by atoms with van der Waals surface area (Å²) in [6.45, 7) is 1.80. The minimum Gasteiger partial charge on any atom is -0.386 e. The zero-order valence-electron chi connectivity index (χ0n) is 7.70. The summed E-state index contributed by atoms with van der Waals surface area (Å²) in [5.74, 6) is 0. The molecule has 0 aliphatic carbocycles. The zero-order chi connectivity index (χ0) is 9.84. The van der Waals surface area contributed by atoms with Crippen LogP contribution in [0.5, 0.6) is 0 Å². The molecule has 1 aromatic carbocycles. The molecular formula is C10H13ClO2. The summed E-state index contributed by atoms with van der Waals surface area (Å²) < 4.78 is 5.01. The first-order valence-corrected chi connectivity index (χ1v) is 4.50. The van der Waals surface area contributed by atoms with Gasteiger partial charge < -0.3 is 9.84 Å². The molecule has 0 aromatic heterocycles. The first-order valence-electron chi connectivity index (χ1n) is 4.12. The SMILES string of the molecule is COC(C)C(O)c1ccccc1Cl. The number of benzene rings is 1. The molecule has 0 aliphatic rings. The summed E-state index contributed by atoms with van der Waals surface area (Å²) in [5, 5.41) is 10.3. The quantitative estimate of drug-likeness (QED) is 0.812. The monoisotopic (exact) mass is 200 g/mol. The second kappa shape index (κ2) is 4.61. The molecule has 0 aliphatic heterocycles. The Morgan fingerprint density at radius 2 is 2.00 bits per heavy atom. The number of methoxy groups -OCH3 is 1. The summed E-state index contributed by atoms with van der Waals surface area (Å²) in [6.07, 6.45) is -0.918. The highest BCUT2D eigenvalue weighted by Gasteiger charge is 2.17. The van der Waals surface area contributed by atoms with Crippen LogP contribution in [-0.4, -0.2) is 18.3 Å². The Hall–Kier alpha value is -0.570. The molecule has 72 valence electrons. The highest BCUT2D eigenvalue weighted by molar-refractivity contribution is 6.31. The lowest BCUT2D eigenvalue weighted by molar-refractivity contribution is -0.00137. The molecule has 0 bridgehead atoms. The van der Waals surface area contributed by atoms with Gasteiger partial charge in [0.25, 0.3) is 0 Å². The van der Waals surface area contributed by atoms with Crippen molar-refractivity contribution in [3.8, 4) is 0 Å². The number of aliphatic hydroxyl groups excluding tert-OH is 1. The van der Waals surface area contributed by atoms with E-state index in [9.17, 15) is 5.11 Å². The van der Waals surface area contributed by atoms with E-state index in [0.29, 0.717) is 10.6 Å². The summed E-state index contributed by atoms with van der Waals surface area (Å²) >= 11 is 5.90. The van der Waals surface area contributed by atoms with Crippen molar-refractivity contribution in [3.63, 3.8) is 0 Å². The topological polar surface area (TPSA) is 29.5 Å². The lowest BCUT2D eigenvalue weighted by Crippen LogP contribution is -2.17. The van der Waals surface area contributed by atoms with E-state index in [1.165, 1.54) is 0 Å². The Labute approximate surface area is 83.1 Å². The summed E-state index contributed by atoms with van der Waals surface area (Å²) in [4.78, 5) is 0. The fraction of sp³-hybridized carbons (Fsp3) is 0.400. The molecule has 0 saturated carbocycles. The molecule has 0 amide bonds. The smallest absolute Gasteiger partial charge is 0.106 e. The molecule has 0 saturated heterocycles. The van der Waals surface area contributed by atoms with Crippen LogP contribution in [0.15, 0.2) is 24.3 Å². The van der Waals surface area contributed by atoms with Crippen molar-refractivity contribution in [1.29, 1.82) is 0 Å². The molecule has 0 fully saturated rings. The Kier molecular flexibility index (Phi) is 3.72. The molecule has 0 radical (unpaired) electrons. The van der Waals surface area contributed by atoms with Gasteiger partial charge in [0.05, 0.1) is 6.10 Å². The van der Waals surface area contributed by atoms with Crippen molar-refractivity contribution in [1.82, 2.24) is 0 Å². The van der Waals surface area contributed by atoms with Crippen LogP contribution < -0.4 is 0 Å². The van der Waals surface area contributed by atoms with E-state index in [4.69, 9.17) is 16.3 Å². The van der Waals surface area contributed by atoms with E-state index >= 15 is 0 Å². The molecular weight excluding hydrogens is 188 g/mol. The molecule has 1 N–H and O–H groups in total. The van der Waals surface area contributed by atoms with Gasteiger partial charge in [0.15, 0.2) is 0 Å². The maximum absolute atomic E-state index is 9.76. The first kappa shape index (κ1) is 10.5. The summed E-state index contributed by atoms with van der Waals surface area (Å²) in [5.41, 5.74) is 0.707. The average molecular weight is 201 g/mol. The van der Waals surface area contributed by atoms with Crippen LogP contribution in [0.4, 0.5) is 0 Å². The third-order valence-corrected chi connectivity index (χ3v) is 2.38. The van der Waals surface area contributed by atoms with Gasteiger partial charge >= 0.3 is 0 Å². The highest BCUT2D eigenvalue weighted by Crippen LogP contribution is 2.25. The molecule has 13 heavy (non-hydrogen) atoms. The van der Waals surface area contributed by atoms with Gasteiger partial charge in [0, 0.05) is 17.7 Å². The number of ether oxygens (including phenoxy) is 1. The van der Waals surface area contributed by atoms with Crippen molar-refractivity contribution < 1.29 is 9.84 Å². The molecule has 0 heterocycles. The fourth-order valence-electron chi connectivity index (χ4n) is 1.10. The molecule has 2 atom stereocenters. The predicted molar refractivity (Wildman–Crippen MR) is 52.9 cm³/mol. The normalized spacial score (nSPS) is 15.4. The number of hydrogen-bond donors (Lipinski definition) is 1. The van der Waals surface area contributed by atoms with Gasteiger partial charge in [-0.25, -0.2) is 0 Å². The molecule has 3 heteroatoms. The van der Waals surface area contributed by atoms with Crippen LogP contribution in [0.1, 0.15) is 18.6 Å². The van der Waals surface area contributed by atoms with E-state index in [2.05, 4.69) is 0 Å². The van der Waals surface area contributed by atoms with Crippen LogP contribution in [0.25, 0.3) is 0 Å². The number of aliphatic hydroxyl groups is 1. The third-order valence-electron chi connectivity index (χ3n) is 2.04. The highest BCUT2D eigenvalue weighted by atomic mass is 35.5. The van der Waals surface area contributed by atoms with Crippen molar-refractivity contribution >= 4 is 11.6 Å². The second-order valence-corrected chi connectivity index (χ2v) is 3.31. The van der Waals surface area contributed by atoms with Crippen LogP contribution in [0.2, 0.25) is 5.02 Å². The number of hydrogen-bond acceptors (Lipinski definition) is 2. The van der Waals surface area contributed by atoms with E-state index < -0.39 is 6.10 Å². The minimum absolute atomic E-state index is 0.250. The van der Waals surface area contributed by atoms with Gasteiger partial charge in [-0.2, -0.15) is 0 Å². The standard InChI is InChI=1S/C10H13ClO2/c1-7(13-2)10(12)8-5-3-4-6-9(8)11/h3-7,10,12H,1-2H3. The van der Waals surface area contributed by atoms with Crippen molar-refractivity contribution in [2.24, 2.45) is 0 Å². The molecule has 2 unspecified atom stereocenters. The summed E-state index contributed by atoms with van der Waals surface area (Å²) in [7, 11) is 1.56. The molecule has 2 nitrogen and oxygen atoms in total. The minimum atomic E-state index is -0.668. The predicted octanol–water partition coefficient (Wildman–Crippen LogP) is 2.41. The van der Waals surface area contributed by atoms with Crippen LogP contribution >= 0.6 is 11.6 Å². The van der Waals surface area contributed by atoms with E-state index in [1.54, 1.807) is 26.2 Å². The van der Waals surface area contributed by atoms with E-state index in [0.717, 1.165) is 0 Å². The first-order chi connectivity index (χ1) is 6.16. The maximum Gasteiger partial charge on any atom is 0.106 e. The van der Waals surface area contributed by atoms with Gasteiger partial charge in [-0.3, -0.25) is 0 Å². The largest absolute Gasteiger partial charge is 0.386 e. The van der Waals surface area contributed by atoms with Gasteiger partial charge in [0.1, 0.15) is 6.10 Å². The lowest BCUT2D eigenvalue weighted by atomic mass is 10.1. The zero-order valence-corrected chi connectivity index (χ0v) is 8.45. The third kappa shape index (κ3) is 2.44. The average Bonchev–Trinajstić information content (AvgIpc) is 2.16. The Bertz CT molecular complexity index is 275. The number of halogens is 1. The molecule has 1 rings (SSSR count). The summed E-state index contributed by atoms with van der Waals surface area (Å²) in [6, 6.07) is 7.22. The van der Waals surface area contributed by atoms with Crippen LogP contribution in [0.3, 0.4) is 0 Å². The van der Waals surface area contributed by atoms with Crippen molar-refractivity contribution in [2.75, 3.05) is 7.11 Å². The lowest BCUT2D eigenvalue weighted by Gasteiger charge is -2.18. The van der Waals surface area contributed by atoms with Crippen molar-refractivity contribution in [2.45, 2.75) is 19.1 Å². The van der Waals surface area contributed by atoms with Crippen LogP contribution in [-0.2, 0) is 4.74 Å². The molecule has 1 aromatic rings. The van der Waals surface area contributed by atoms with Gasteiger partial charge in [-0.15, -0.1) is 0 Å².